The van der Waals surface area contributed by atoms with Crippen LogP contribution in [0.15, 0.2) is 16.6 Å². The predicted molar refractivity (Wildman–Crippen MR) is 146 cm³/mol. The largest absolute Gasteiger partial charge is 0.458 e. The third-order valence-corrected chi connectivity index (χ3v) is 12.1. The minimum absolute atomic E-state index is 0.00933. The van der Waals surface area contributed by atoms with Crippen molar-refractivity contribution in [2.24, 2.45) is 33.6 Å². The fourth-order valence-corrected chi connectivity index (χ4v) is 10.0. The average molecular weight is 573 g/mol. The number of carbonyl (C=O) groups is 1. The molecule has 0 radical (unpaired) electrons. The molecule has 0 unspecified atom stereocenters. The van der Waals surface area contributed by atoms with E-state index in [-0.39, 0.29) is 42.8 Å². The van der Waals surface area contributed by atoms with E-state index in [4.69, 9.17) is 14.2 Å². The maximum atomic E-state index is 12.5. The number of rotatable bonds is 5. The lowest BCUT2D eigenvalue weighted by Crippen LogP contribution is -2.69. The lowest BCUT2D eigenvalue weighted by Gasteiger charge is -2.66. The fraction of sp³-hybridized carbons (Fsp3) is 0.839. The van der Waals surface area contributed by atoms with Crippen LogP contribution in [0, 0.1) is 39.9 Å². The van der Waals surface area contributed by atoms with Crippen molar-refractivity contribution in [3.63, 3.8) is 0 Å². The van der Waals surface area contributed by atoms with Crippen molar-refractivity contribution >= 4 is 12.2 Å². The number of aliphatic hydroxyl groups excluding tert-OH is 2. The van der Waals surface area contributed by atoms with Gasteiger partial charge in [-0.3, -0.25) is 4.99 Å². The highest BCUT2D eigenvalue weighted by molar-refractivity contribution is 5.85. The number of esters is 1. The summed E-state index contributed by atoms with van der Waals surface area (Å²) in [5, 5.41) is 54.5. The van der Waals surface area contributed by atoms with Crippen molar-refractivity contribution in [1.29, 1.82) is 5.26 Å². The molecule has 6 rings (SSSR count). The lowest BCUT2D eigenvalue weighted by molar-refractivity contribution is -0.282. The van der Waals surface area contributed by atoms with Gasteiger partial charge in [0, 0.05) is 36.0 Å². The second kappa shape index (κ2) is 10.4. The first-order valence-electron chi connectivity index (χ1n) is 15.3. The Kier molecular flexibility index (Phi) is 7.40. The molecule has 0 aromatic rings. The molecule has 10 heteroatoms. The van der Waals surface area contributed by atoms with Crippen LogP contribution in [0.4, 0.5) is 0 Å². The van der Waals surface area contributed by atoms with E-state index in [0.29, 0.717) is 45.1 Å². The van der Waals surface area contributed by atoms with Crippen LogP contribution in [-0.2, 0) is 19.0 Å². The first-order valence-corrected chi connectivity index (χ1v) is 15.3. The normalized spacial score (nSPS) is 51.3. The van der Waals surface area contributed by atoms with E-state index in [2.05, 4.69) is 18.0 Å². The van der Waals surface area contributed by atoms with Crippen molar-refractivity contribution < 1.29 is 39.4 Å². The van der Waals surface area contributed by atoms with Gasteiger partial charge in [-0.05, 0) is 81.6 Å². The topological polar surface area (TPSA) is 162 Å². The van der Waals surface area contributed by atoms with Crippen molar-refractivity contribution in [2.45, 2.75) is 120 Å². The molecular formula is C31H44N2O8. The van der Waals surface area contributed by atoms with Gasteiger partial charge in [0.2, 0.25) is 0 Å². The highest BCUT2D eigenvalue weighted by atomic mass is 16.7. The van der Waals surface area contributed by atoms with Crippen LogP contribution in [0.25, 0.3) is 0 Å². The number of fused-ring (bicyclic) bond motifs is 5. The number of aliphatic imine (C=N–C) groups is 1. The molecule has 5 fully saturated rings. The van der Waals surface area contributed by atoms with Gasteiger partial charge in [-0.2, -0.15) is 5.26 Å². The molecule has 4 saturated carbocycles. The quantitative estimate of drug-likeness (QED) is 0.167. The number of aliphatic hydroxyl groups is 4. The molecule has 0 aromatic carbocycles. The van der Waals surface area contributed by atoms with E-state index in [1.807, 2.05) is 6.21 Å². The molecule has 0 spiro atoms. The summed E-state index contributed by atoms with van der Waals surface area (Å²) in [7, 11) is 0. The first kappa shape index (κ1) is 29.2. The van der Waals surface area contributed by atoms with Gasteiger partial charge in [0.05, 0.1) is 35.6 Å². The van der Waals surface area contributed by atoms with Gasteiger partial charge in [0.15, 0.2) is 6.29 Å². The van der Waals surface area contributed by atoms with Crippen LogP contribution in [-0.4, -0.2) is 87.7 Å². The van der Waals surface area contributed by atoms with Crippen molar-refractivity contribution in [3.05, 3.63) is 11.6 Å². The van der Waals surface area contributed by atoms with Crippen molar-refractivity contribution in [3.8, 4) is 6.07 Å². The molecule has 10 nitrogen and oxygen atoms in total. The SMILES string of the molecule is C[C@H]1O[C@@H](O[C@H]2CC[C@]3(C=NCC#N)[C@@H]4CC[C@]5(C)[C@H](C6=CC(=O)OC6)CC[C@]5(O)[C@H]4CC[C@@]3(O)C2)C[C@H](O)[C@H]1O. The van der Waals surface area contributed by atoms with Crippen LogP contribution >= 0.6 is 0 Å². The van der Waals surface area contributed by atoms with Gasteiger partial charge >= 0.3 is 5.97 Å². The number of nitriles is 1. The summed E-state index contributed by atoms with van der Waals surface area (Å²) in [6.45, 7) is 4.19. The fourth-order valence-electron chi connectivity index (χ4n) is 10.0. The number of carbonyl (C=O) groups excluding carboxylic acids is 1. The summed E-state index contributed by atoms with van der Waals surface area (Å²) in [5.41, 5.74) is -2.19. The summed E-state index contributed by atoms with van der Waals surface area (Å²) in [5.74, 6) is -0.282. The Morgan fingerprint density at radius 3 is 2.63 bits per heavy atom. The molecule has 41 heavy (non-hydrogen) atoms. The van der Waals surface area contributed by atoms with Gasteiger partial charge in [0.25, 0.3) is 0 Å². The Morgan fingerprint density at radius 2 is 1.93 bits per heavy atom. The molecule has 226 valence electrons. The maximum Gasteiger partial charge on any atom is 0.331 e. The number of ether oxygens (including phenoxy) is 3. The number of cyclic esters (lactones) is 1. The Balaban J connectivity index is 1.26. The average Bonchev–Trinajstić information content (AvgIpc) is 3.47. The molecule has 0 bridgehead atoms. The Hall–Kier alpha value is -1.87. The summed E-state index contributed by atoms with van der Waals surface area (Å²) in [6.07, 6.45) is 5.97. The maximum absolute atomic E-state index is 12.5. The number of hydrogen-bond donors (Lipinski definition) is 4. The second-order valence-electron chi connectivity index (χ2n) is 13.8. The molecule has 0 aromatic heterocycles. The minimum Gasteiger partial charge on any atom is -0.458 e. The molecule has 0 amide bonds. The standard InChI is InChI=1S/C31H44N2O8/c1-18-27(36)24(34)14-26(40-18)41-20-3-8-29(17-33-12-11-32)22-4-7-28(2)21(19-13-25(35)39-16-19)6-10-31(28,38)23(22)5-9-30(29,37)15-20/h13,17-18,20-24,26-27,34,36-38H,3-10,12,14-16H2,1-2H3/t18-,20+,21+,22-,23+,24+,26+,27+,28-,29+,30-,31+/m1/s1. The lowest BCUT2D eigenvalue weighted by atomic mass is 9.41. The summed E-state index contributed by atoms with van der Waals surface area (Å²) >= 11 is 0. The van der Waals surface area contributed by atoms with Crippen molar-refractivity contribution in [1.82, 2.24) is 0 Å². The van der Waals surface area contributed by atoms with Crippen molar-refractivity contribution in [2.75, 3.05) is 13.2 Å². The first-order chi connectivity index (χ1) is 19.5. The molecule has 4 N–H and O–H groups in total. The molecule has 2 heterocycles. The van der Waals surface area contributed by atoms with Crippen LogP contribution in [0.1, 0.15) is 78.1 Å². The second-order valence-corrected chi connectivity index (χ2v) is 13.8. The van der Waals surface area contributed by atoms with Gasteiger partial charge in [-0.15, -0.1) is 0 Å². The molecular weight excluding hydrogens is 528 g/mol. The number of nitrogens with zero attached hydrogens (tertiary/aromatic N) is 2. The summed E-state index contributed by atoms with van der Waals surface area (Å²) in [6, 6.07) is 2.09. The highest BCUT2D eigenvalue weighted by Gasteiger charge is 2.71. The molecule has 2 aliphatic heterocycles. The van der Waals surface area contributed by atoms with Gasteiger partial charge in [0.1, 0.15) is 19.3 Å². The number of hydrogen-bond acceptors (Lipinski definition) is 10. The van der Waals surface area contributed by atoms with Gasteiger partial charge in [-0.1, -0.05) is 6.92 Å². The molecule has 1 saturated heterocycles. The molecule has 12 atom stereocenters. The zero-order valence-corrected chi connectivity index (χ0v) is 24.1. The van der Waals surface area contributed by atoms with Crippen LogP contribution in [0.2, 0.25) is 0 Å². The van der Waals surface area contributed by atoms with E-state index < -0.39 is 46.6 Å². The van der Waals surface area contributed by atoms with E-state index in [9.17, 15) is 30.5 Å². The van der Waals surface area contributed by atoms with Crippen LogP contribution < -0.4 is 0 Å². The van der Waals surface area contributed by atoms with Crippen LogP contribution in [0.5, 0.6) is 0 Å². The molecule has 6 aliphatic rings. The van der Waals surface area contributed by atoms with E-state index in [1.54, 1.807) is 13.0 Å². The van der Waals surface area contributed by atoms with Gasteiger partial charge < -0.3 is 34.6 Å². The molecule has 4 aliphatic carbocycles. The summed E-state index contributed by atoms with van der Waals surface area (Å²) in [4.78, 5) is 16.4. The third-order valence-electron chi connectivity index (χ3n) is 12.1. The predicted octanol–water partition coefficient (Wildman–Crippen LogP) is 2.17. The zero-order valence-electron chi connectivity index (χ0n) is 24.1. The monoisotopic (exact) mass is 572 g/mol. The Labute approximate surface area is 241 Å². The van der Waals surface area contributed by atoms with E-state index in [0.717, 1.165) is 24.8 Å². The van der Waals surface area contributed by atoms with E-state index >= 15 is 0 Å². The van der Waals surface area contributed by atoms with Gasteiger partial charge in [-0.25, -0.2) is 4.79 Å². The smallest absolute Gasteiger partial charge is 0.331 e. The zero-order chi connectivity index (χ0) is 29.2. The third kappa shape index (κ3) is 4.42. The highest BCUT2D eigenvalue weighted by Crippen LogP contribution is 2.70. The Bertz CT molecular complexity index is 1140. The van der Waals surface area contributed by atoms with Crippen LogP contribution in [0.3, 0.4) is 0 Å². The Morgan fingerprint density at radius 1 is 1.15 bits per heavy atom. The summed E-state index contributed by atoms with van der Waals surface area (Å²) < 4.78 is 17.3. The minimum atomic E-state index is -1.13. The van der Waals surface area contributed by atoms with E-state index in [1.165, 1.54) is 0 Å².